The summed E-state index contributed by atoms with van der Waals surface area (Å²) >= 11 is 0. The zero-order chi connectivity index (χ0) is 15.0. The van der Waals surface area contributed by atoms with E-state index in [2.05, 4.69) is 24.5 Å². The maximum Gasteiger partial charge on any atom is 0.239 e. The number of anilines is 1. The van der Waals surface area contributed by atoms with E-state index in [1.807, 2.05) is 6.07 Å². The zero-order valence-corrected chi connectivity index (χ0v) is 12.7. The van der Waals surface area contributed by atoms with Gasteiger partial charge < -0.3 is 20.1 Å². The molecule has 0 heterocycles. The molecule has 2 N–H and O–H groups in total. The molecule has 0 radical (unpaired) electrons. The van der Waals surface area contributed by atoms with Gasteiger partial charge in [-0.3, -0.25) is 4.79 Å². The van der Waals surface area contributed by atoms with Crippen molar-refractivity contribution in [1.82, 2.24) is 5.32 Å². The summed E-state index contributed by atoms with van der Waals surface area (Å²) < 4.78 is 10.4. The summed E-state index contributed by atoms with van der Waals surface area (Å²) in [5.74, 6) is 1.88. The van der Waals surface area contributed by atoms with Crippen molar-refractivity contribution >= 4 is 11.6 Å². The number of hydrogen-bond acceptors (Lipinski definition) is 4. The number of amides is 1. The molecule has 0 bridgehead atoms. The fourth-order valence-corrected chi connectivity index (χ4v) is 1.69. The van der Waals surface area contributed by atoms with Crippen molar-refractivity contribution < 1.29 is 14.3 Å². The van der Waals surface area contributed by atoms with E-state index in [0.717, 1.165) is 12.1 Å². The van der Waals surface area contributed by atoms with E-state index < -0.39 is 0 Å². The van der Waals surface area contributed by atoms with Crippen molar-refractivity contribution in [2.75, 3.05) is 32.6 Å². The Balaban J connectivity index is 2.43. The van der Waals surface area contributed by atoms with Crippen LogP contribution in [0, 0.1) is 5.92 Å². The lowest BCUT2D eigenvalue weighted by Gasteiger charge is -2.11. The van der Waals surface area contributed by atoms with Gasteiger partial charge in [0.25, 0.3) is 0 Å². The number of carbonyl (C=O) groups excluding carboxylic acids is 1. The average Bonchev–Trinajstić information content (AvgIpc) is 2.44. The van der Waals surface area contributed by atoms with Gasteiger partial charge in [-0.25, -0.2) is 0 Å². The maximum absolute atomic E-state index is 11.6. The Hall–Kier alpha value is -1.91. The van der Waals surface area contributed by atoms with Gasteiger partial charge in [0.15, 0.2) is 11.5 Å². The van der Waals surface area contributed by atoms with Crippen LogP contribution < -0.4 is 20.1 Å². The summed E-state index contributed by atoms with van der Waals surface area (Å²) in [4.78, 5) is 11.6. The summed E-state index contributed by atoms with van der Waals surface area (Å²) in [7, 11) is 3.17. The Morgan fingerprint density at radius 2 is 1.90 bits per heavy atom. The van der Waals surface area contributed by atoms with Crippen LogP contribution in [0.1, 0.15) is 20.3 Å². The molecule has 0 spiro atoms. The van der Waals surface area contributed by atoms with Gasteiger partial charge >= 0.3 is 0 Å². The van der Waals surface area contributed by atoms with Gasteiger partial charge in [0.2, 0.25) is 5.91 Å². The number of carbonyl (C=O) groups is 1. The van der Waals surface area contributed by atoms with Gasteiger partial charge in [0.05, 0.1) is 20.8 Å². The summed E-state index contributed by atoms with van der Waals surface area (Å²) in [5.41, 5.74) is 0.821. The molecule has 5 nitrogen and oxygen atoms in total. The maximum atomic E-state index is 11.6. The summed E-state index contributed by atoms with van der Waals surface area (Å²) in [6.45, 7) is 5.22. The van der Waals surface area contributed by atoms with Crippen molar-refractivity contribution in [3.05, 3.63) is 18.2 Å². The predicted molar refractivity (Wildman–Crippen MR) is 80.5 cm³/mol. The van der Waals surface area contributed by atoms with E-state index in [0.29, 0.717) is 24.0 Å². The van der Waals surface area contributed by atoms with Crippen LogP contribution in [0.2, 0.25) is 0 Å². The lowest BCUT2D eigenvalue weighted by molar-refractivity contribution is -0.119. The lowest BCUT2D eigenvalue weighted by atomic mass is 10.1. The van der Waals surface area contributed by atoms with Crippen LogP contribution in [-0.4, -0.2) is 33.2 Å². The molecule has 1 aromatic carbocycles. The second-order valence-corrected chi connectivity index (χ2v) is 4.96. The minimum Gasteiger partial charge on any atom is -0.493 e. The molecule has 1 aromatic rings. The van der Waals surface area contributed by atoms with Gasteiger partial charge in [0.1, 0.15) is 0 Å². The highest BCUT2D eigenvalue weighted by atomic mass is 16.5. The van der Waals surface area contributed by atoms with Crippen LogP contribution in [0.3, 0.4) is 0 Å². The molecule has 5 heteroatoms. The topological polar surface area (TPSA) is 59.6 Å². The summed E-state index contributed by atoms with van der Waals surface area (Å²) in [6, 6.07) is 5.46. The minimum absolute atomic E-state index is 0.0135. The van der Waals surface area contributed by atoms with Gasteiger partial charge in [-0.2, -0.15) is 0 Å². The highest BCUT2D eigenvalue weighted by Crippen LogP contribution is 2.29. The molecular formula is C15H24N2O3. The van der Waals surface area contributed by atoms with Crippen LogP contribution in [0.25, 0.3) is 0 Å². The monoisotopic (exact) mass is 280 g/mol. The van der Waals surface area contributed by atoms with Crippen molar-refractivity contribution in [1.29, 1.82) is 0 Å². The molecule has 0 aliphatic carbocycles. The molecule has 1 amide bonds. The number of methoxy groups -OCH3 is 2. The Bertz CT molecular complexity index is 433. The first kappa shape index (κ1) is 16.1. The number of ether oxygens (including phenoxy) is 2. The zero-order valence-electron chi connectivity index (χ0n) is 12.7. The van der Waals surface area contributed by atoms with E-state index in [-0.39, 0.29) is 12.5 Å². The van der Waals surface area contributed by atoms with E-state index in [1.54, 1.807) is 26.4 Å². The van der Waals surface area contributed by atoms with Gasteiger partial charge in [-0.05, 0) is 24.5 Å². The number of rotatable bonds is 8. The quantitative estimate of drug-likeness (QED) is 0.767. The van der Waals surface area contributed by atoms with Gasteiger partial charge in [-0.1, -0.05) is 13.8 Å². The number of benzene rings is 1. The lowest BCUT2D eigenvalue weighted by Crippen LogP contribution is -2.31. The van der Waals surface area contributed by atoms with E-state index >= 15 is 0 Å². The molecular weight excluding hydrogens is 256 g/mol. The van der Waals surface area contributed by atoms with Crippen molar-refractivity contribution in [2.45, 2.75) is 20.3 Å². The first-order valence-electron chi connectivity index (χ1n) is 6.79. The summed E-state index contributed by atoms with van der Waals surface area (Å²) in [6.07, 6.45) is 0.988. The third kappa shape index (κ3) is 5.38. The Morgan fingerprint density at radius 3 is 2.50 bits per heavy atom. The molecule has 112 valence electrons. The molecule has 1 rings (SSSR count). The molecule has 0 aliphatic heterocycles. The normalized spacial score (nSPS) is 10.2. The summed E-state index contributed by atoms with van der Waals surface area (Å²) in [5, 5.41) is 5.94. The largest absolute Gasteiger partial charge is 0.493 e. The fourth-order valence-electron chi connectivity index (χ4n) is 1.69. The standard InChI is InChI=1S/C15H24N2O3/c1-11(2)7-8-16-15(18)10-17-12-5-6-13(19-3)14(9-12)20-4/h5-6,9,11,17H,7-8,10H2,1-4H3,(H,16,18). The first-order valence-corrected chi connectivity index (χ1v) is 6.79. The average molecular weight is 280 g/mol. The number of hydrogen-bond donors (Lipinski definition) is 2. The molecule has 20 heavy (non-hydrogen) atoms. The molecule has 0 saturated carbocycles. The van der Waals surface area contributed by atoms with E-state index in [9.17, 15) is 4.79 Å². The second kappa shape index (κ2) is 8.30. The highest BCUT2D eigenvalue weighted by molar-refractivity contribution is 5.80. The minimum atomic E-state index is -0.0135. The second-order valence-electron chi connectivity index (χ2n) is 4.96. The SMILES string of the molecule is COc1ccc(NCC(=O)NCCC(C)C)cc1OC. The van der Waals surface area contributed by atoms with Crippen LogP contribution in [0.15, 0.2) is 18.2 Å². The van der Waals surface area contributed by atoms with Gasteiger partial charge in [-0.15, -0.1) is 0 Å². The van der Waals surface area contributed by atoms with Crippen LogP contribution in [-0.2, 0) is 4.79 Å². The Kier molecular flexibility index (Phi) is 6.70. The van der Waals surface area contributed by atoms with Crippen LogP contribution in [0.5, 0.6) is 11.5 Å². The van der Waals surface area contributed by atoms with Gasteiger partial charge in [0, 0.05) is 18.3 Å². The first-order chi connectivity index (χ1) is 9.56. The number of nitrogens with one attached hydrogen (secondary N) is 2. The van der Waals surface area contributed by atoms with E-state index in [1.165, 1.54) is 0 Å². The van der Waals surface area contributed by atoms with Crippen LogP contribution in [0.4, 0.5) is 5.69 Å². The Morgan fingerprint density at radius 1 is 1.20 bits per heavy atom. The predicted octanol–water partition coefficient (Wildman–Crippen LogP) is 2.28. The molecule has 0 aliphatic rings. The fraction of sp³-hybridized carbons (Fsp3) is 0.533. The van der Waals surface area contributed by atoms with Crippen LogP contribution >= 0.6 is 0 Å². The molecule has 0 saturated heterocycles. The molecule has 0 atom stereocenters. The van der Waals surface area contributed by atoms with Crippen molar-refractivity contribution in [3.63, 3.8) is 0 Å². The smallest absolute Gasteiger partial charge is 0.239 e. The molecule has 0 aromatic heterocycles. The highest BCUT2D eigenvalue weighted by Gasteiger charge is 2.06. The van der Waals surface area contributed by atoms with Crippen molar-refractivity contribution in [3.8, 4) is 11.5 Å². The van der Waals surface area contributed by atoms with E-state index in [4.69, 9.17) is 9.47 Å². The van der Waals surface area contributed by atoms with Crippen molar-refractivity contribution in [2.24, 2.45) is 5.92 Å². The third-order valence-electron chi connectivity index (χ3n) is 2.88. The molecule has 0 fully saturated rings. The Labute approximate surface area is 120 Å². The molecule has 0 unspecified atom stereocenters. The third-order valence-corrected chi connectivity index (χ3v) is 2.88.